The van der Waals surface area contributed by atoms with Gasteiger partial charge in [-0.15, -0.1) is 0 Å². The summed E-state index contributed by atoms with van der Waals surface area (Å²) < 4.78 is 41.9. The van der Waals surface area contributed by atoms with Crippen molar-refractivity contribution in [1.29, 1.82) is 0 Å². The Morgan fingerprint density at radius 2 is 1.60 bits per heavy atom. The summed E-state index contributed by atoms with van der Waals surface area (Å²) in [5.74, 6) is -0.695. The van der Waals surface area contributed by atoms with Crippen LogP contribution in [0, 0.1) is 5.82 Å². The molecular weight excluding hydrogens is 339 g/mol. The van der Waals surface area contributed by atoms with E-state index in [9.17, 15) is 12.8 Å². The van der Waals surface area contributed by atoms with Crippen molar-refractivity contribution in [1.82, 2.24) is 9.21 Å². The van der Waals surface area contributed by atoms with E-state index >= 15 is 0 Å². The van der Waals surface area contributed by atoms with Gasteiger partial charge in [-0.05, 0) is 30.5 Å². The van der Waals surface area contributed by atoms with Crippen LogP contribution in [0.2, 0.25) is 0 Å². The van der Waals surface area contributed by atoms with Gasteiger partial charge in [-0.25, -0.2) is 12.8 Å². The second-order valence-corrected chi connectivity index (χ2v) is 8.56. The van der Waals surface area contributed by atoms with Gasteiger partial charge in [-0.3, -0.25) is 4.90 Å². The summed E-state index contributed by atoms with van der Waals surface area (Å²) in [6.07, 6.45) is 2.36. The molecular formula is C19H21FN2O2S. The third-order valence-corrected chi connectivity index (χ3v) is 6.97. The van der Waals surface area contributed by atoms with Crippen LogP contribution in [0.4, 0.5) is 4.39 Å². The van der Waals surface area contributed by atoms with Crippen LogP contribution in [0.1, 0.15) is 24.4 Å². The molecule has 4 rings (SSSR count). The van der Waals surface area contributed by atoms with E-state index in [2.05, 4.69) is 4.90 Å². The lowest BCUT2D eigenvalue weighted by molar-refractivity contribution is 0.128. The number of nitrogens with zero attached hydrogens (tertiary/aromatic N) is 2. The fraction of sp³-hybridized carbons (Fsp3) is 0.368. The normalized spacial score (nSPS) is 22.8. The minimum Gasteiger partial charge on any atom is -0.297 e. The van der Waals surface area contributed by atoms with Crippen LogP contribution in [0.3, 0.4) is 0 Å². The summed E-state index contributed by atoms with van der Waals surface area (Å²) in [7, 11) is -3.89. The molecule has 1 aliphatic carbocycles. The van der Waals surface area contributed by atoms with Gasteiger partial charge >= 0.3 is 0 Å². The minimum absolute atomic E-state index is 0.240. The van der Waals surface area contributed by atoms with Crippen molar-refractivity contribution >= 4 is 10.0 Å². The van der Waals surface area contributed by atoms with Crippen LogP contribution in [-0.4, -0.2) is 43.3 Å². The molecule has 2 aromatic rings. The predicted molar refractivity (Wildman–Crippen MR) is 94.1 cm³/mol. The van der Waals surface area contributed by atoms with Crippen LogP contribution >= 0.6 is 0 Å². The Hall–Kier alpha value is -1.76. The number of rotatable bonds is 4. The van der Waals surface area contributed by atoms with E-state index < -0.39 is 15.8 Å². The average Bonchev–Trinajstić information content (AvgIpc) is 3.47. The average molecular weight is 360 g/mol. The Morgan fingerprint density at radius 1 is 0.920 bits per heavy atom. The predicted octanol–water partition coefficient (Wildman–Crippen LogP) is 3.04. The van der Waals surface area contributed by atoms with E-state index in [0.29, 0.717) is 25.7 Å². The molecule has 1 saturated heterocycles. The molecule has 2 fully saturated rings. The largest absolute Gasteiger partial charge is 0.297 e. The molecule has 1 aliphatic heterocycles. The van der Waals surface area contributed by atoms with Gasteiger partial charge in [0.2, 0.25) is 10.0 Å². The molecule has 0 bridgehead atoms. The lowest BCUT2D eigenvalue weighted by Gasteiger charge is -2.41. The molecule has 1 saturated carbocycles. The van der Waals surface area contributed by atoms with Crippen LogP contribution in [0.15, 0.2) is 59.5 Å². The highest BCUT2D eigenvalue weighted by Crippen LogP contribution is 2.36. The first kappa shape index (κ1) is 16.7. The summed E-state index contributed by atoms with van der Waals surface area (Å²) in [4.78, 5) is 2.13. The van der Waals surface area contributed by atoms with E-state index in [0.717, 1.165) is 5.56 Å². The maximum atomic E-state index is 14.2. The van der Waals surface area contributed by atoms with E-state index in [1.165, 1.54) is 35.3 Å². The number of hydrogen-bond donors (Lipinski definition) is 0. The monoisotopic (exact) mass is 360 g/mol. The molecule has 0 N–H and O–H groups in total. The molecule has 1 unspecified atom stereocenters. The highest BCUT2D eigenvalue weighted by molar-refractivity contribution is 7.89. The lowest BCUT2D eigenvalue weighted by atomic mass is 10.0. The maximum absolute atomic E-state index is 14.2. The van der Waals surface area contributed by atoms with Gasteiger partial charge in [0.1, 0.15) is 10.7 Å². The Morgan fingerprint density at radius 3 is 2.28 bits per heavy atom. The quantitative estimate of drug-likeness (QED) is 0.841. The number of hydrogen-bond acceptors (Lipinski definition) is 3. The van der Waals surface area contributed by atoms with Gasteiger partial charge in [0.15, 0.2) is 0 Å². The van der Waals surface area contributed by atoms with Crippen molar-refractivity contribution in [2.24, 2.45) is 0 Å². The van der Waals surface area contributed by atoms with Crippen LogP contribution < -0.4 is 0 Å². The van der Waals surface area contributed by atoms with E-state index in [4.69, 9.17) is 0 Å². The summed E-state index contributed by atoms with van der Waals surface area (Å²) in [6, 6.07) is 15.5. The number of piperazine rings is 1. The lowest BCUT2D eigenvalue weighted by Crippen LogP contribution is -2.51. The van der Waals surface area contributed by atoms with Crippen molar-refractivity contribution in [3.05, 3.63) is 66.0 Å². The molecule has 6 heteroatoms. The first-order valence-corrected chi connectivity index (χ1v) is 10.1. The first-order valence-electron chi connectivity index (χ1n) is 8.63. The molecule has 4 nitrogen and oxygen atoms in total. The molecule has 132 valence electrons. The van der Waals surface area contributed by atoms with Gasteiger partial charge in [-0.2, -0.15) is 4.31 Å². The summed E-state index contributed by atoms with van der Waals surface area (Å²) >= 11 is 0. The van der Waals surface area contributed by atoms with Gasteiger partial charge in [0, 0.05) is 25.7 Å². The third-order valence-electron chi connectivity index (χ3n) is 5.03. The van der Waals surface area contributed by atoms with Crippen LogP contribution in [0.5, 0.6) is 0 Å². The van der Waals surface area contributed by atoms with Gasteiger partial charge in [0.05, 0.1) is 6.04 Å². The Bertz CT molecular complexity index is 853. The minimum atomic E-state index is -3.89. The third kappa shape index (κ3) is 3.21. The van der Waals surface area contributed by atoms with E-state index in [1.807, 2.05) is 30.3 Å². The van der Waals surface area contributed by atoms with Crippen molar-refractivity contribution in [3.63, 3.8) is 0 Å². The molecule has 1 heterocycles. The van der Waals surface area contributed by atoms with E-state index in [-0.39, 0.29) is 10.9 Å². The maximum Gasteiger partial charge on any atom is 0.246 e. The number of benzene rings is 2. The molecule has 0 aromatic heterocycles. The summed E-state index contributed by atoms with van der Waals surface area (Å²) in [5, 5.41) is 0. The molecule has 1 atom stereocenters. The van der Waals surface area contributed by atoms with Crippen molar-refractivity contribution in [3.8, 4) is 0 Å². The zero-order valence-electron chi connectivity index (χ0n) is 13.9. The van der Waals surface area contributed by atoms with Gasteiger partial charge in [0.25, 0.3) is 0 Å². The Kier molecular flexibility index (Phi) is 4.35. The molecule has 2 aromatic carbocycles. The highest BCUT2D eigenvalue weighted by Gasteiger charge is 2.41. The standard InChI is InChI=1S/C19H21FN2O2S/c20-17-8-4-5-9-19(17)25(23,24)22-13-12-21(16-10-11-16)14-18(22)15-6-2-1-3-7-15/h1-9,16,18H,10-14H2. The Labute approximate surface area is 147 Å². The topological polar surface area (TPSA) is 40.6 Å². The smallest absolute Gasteiger partial charge is 0.246 e. The zero-order chi connectivity index (χ0) is 17.4. The van der Waals surface area contributed by atoms with Crippen LogP contribution in [0.25, 0.3) is 0 Å². The van der Waals surface area contributed by atoms with Crippen molar-refractivity contribution in [2.75, 3.05) is 19.6 Å². The number of sulfonamides is 1. The molecule has 25 heavy (non-hydrogen) atoms. The molecule has 0 amide bonds. The van der Waals surface area contributed by atoms with Gasteiger partial charge < -0.3 is 0 Å². The zero-order valence-corrected chi connectivity index (χ0v) is 14.7. The fourth-order valence-corrected chi connectivity index (χ4v) is 5.24. The van der Waals surface area contributed by atoms with Crippen molar-refractivity contribution in [2.45, 2.75) is 29.8 Å². The fourth-order valence-electron chi connectivity index (χ4n) is 3.57. The molecule has 0 spiro atoms. The highest BCUT2D eigenvalue weighted by atomic mass is 32.2. The number of halogens is 1. The molecule has 2 aliphatic rings. The van der Waals surface area contributed by atoms with Gasteiger partial charge in [-0.1, -0.05) is 42.5 Å². The van der Waals surface area contributed by atoms with Crippen molar-refractivity contribution < 1.29 is 12.8 Å². The Balaban J connectivity index is 1.72. The summed E-state index contributed by atoms with van der Waals surface area (Å²) in [5.41, 5.74) is 0.952. The SMILES string of the molecule is O=S(=O)(c1ccccc1F)N1CCN(C2CC2)CC1c1ccccc1. The molecule has 0 radical (unpaired) electrons. The second-order valence-electron chi connectivity index (χ2n) is 6.70. The summed E-state index contributed by atoms with van der Waals surface area (Å²) in [6.45, 7) is 1.73. The van der Waals surface area contributed by atoms with Crippen LogP contribution in [-0.2, 0) is 10.0 Å². The second kappa shape index (κ2) is 6.52. The van der Waals surface area contributed by atoms with E-state index in [1.54, 1.807) is 6.07 Å². The first-order chi connectivity index (χ1) is 12.1.